The van der Waals surface area contributed by atoms with Crippen LogP contribution in [0.4, 0.5) is 0 Å². The molecule has 0 saturated heterocycles. The Morgan fingerprint density at radius 3 is 1.81 bits per heavy atom. The lowest BCUT2D eigenvalue weighted by Crippen LogP contribution is -2.24. The third kappa shape index (κ3) is 13.5. The third-order valence-electron chi connectivity index (χ3n) is 3.60. The number of aldehydes is 1. The number of hydrogen-bond acceptors (Lipinski definition) is 3. The molecule has 0 rings (SSSR count). The van der Waals surface area contributed by atoms with E-state index in [1.54, 1.807) is 0 Å². The van der Waals surface area contributed by atoms with Crippen molar-refractivity contribution in [2.24, 2.45) is 5.92 Å². The molecule has 0 saturated carbocycles. The van der Waals surface area contributed by atoms with E-state index >= 15 is 0 Å². The van der Waals surface area contributed by atoms with Crippen LogP contribution in [0.15, 0.2) is 0 Å². The molecule has 21 heavy (non-hydrogen) atoms. The van der Waals surface area contributed by atoms with Crippen LogP contribution < -0.4 is 5.32 Å². The van der Waals surface area contributed by atoms with Crippen LogP contribution in [0.3, 0.4) is 0 Å². The van der Waals surface area contributed by atoms with Crippen LogP contribution in [0, 0.1) is 5.92 Å². The second-order valence-electron chi connectivity index (χ2n) is 5.92. The maximum atomic E-state index is 11.4. The van der Waals surface area contributed by atoms with E-state index in [0.717, 1.165) is 38.5 Å². The fraction of sp³-hybridized carbons (Fsp3) is 0.824. The molecular weight excluding hydrogens is 266 g/mol. The Morgan fingerprint density at radius 1 is 0.857 bits per heavy atom. The smallest absolute Gasteiger partial charge is 0.220 e. The van der Waals surface area contributed by atoms with Gasteiger partial charge in [-0.05, 0) is 12.8 Å². The van der Waals surface area contributed by atoms with E-state index in [2.05, 4.69) is 5.32 Å². The summed E-state index contributed by atoms with van der Waals surface area (Å²) in [5, 5.41) is 2.54. The molecule has 0 aromatic rings. The Kier molecular flexibility index (Phi) is 13.0. The highest BCUT2D eigenvalue weighted by Crippen LogP contribution is 2.12. The number of amides is 1. The van der Waals surface area contributed by atoms with Gasteiger partial charge in [-0.1, -0.05) is 52.4 Å². The summed E-state index contributed by atoms with van der Waals surface area (Å²) in [6.07, 6.45) is 10.9. The Hall–Kier alpha value is -1.19. The average Bonchev–Trinajstić information content (AvgIpc) is 2.46. The fourth-order valence-electron chi connectivity index (χ4n) is 2.18. The molecule has 0 aromatic heterocycles. The second kappa shape index (κ2) is 13.8. The molecule has 122 valence electrons. The Morgan fingerprint density at radius 2 is 1.33 bits per heavy atom. The van der Waals surface area contributed by atoms with Crippen molar-refractivity contribution in [3.63, 3.8) is 0 Å². The van der Waals surface area contributed by atoms with E-state index < -0.39 is 0 Å². The van der Waals surface area contributed by atoms with Crippen LogP contribution in [0.5, 0.6) is 0 Å². The van der Waals surface area contributed by atoms with Crippen molar-refractivity contribution in [2.75, 3.05) is 6.54 Å². The predicted molar refractivity (Wildman–Crippen MR) is 85.1 cm³/mol. The summed E-state index contributed by atoms with van der Waals surface area (Å²) in [6, 6.07) is 0. The maximum Gasteiger partial charge on any atom is 0.220 e. The monoisotopic (exact) mass is 297 g/mol. The van der Waals surface area contributed by atoms with Gasteiger partial charge in [0.1, 0.15) is 12.1 Å². The molecule has 0 aliphatic heterocycles. The van der Waals surface area contributed by atoms with Gasteiger partial charge in [0.05, 0.1) is 6.54 Å². The lowest BCUT2D eigenvalue weighted by atomic mass is 10.0. The summed E-state index contributed by atoms with van der Waals surface area (Å²) in [6.45, 7) is 4.04. The quantitative estimate of drug-likeness (QED) is 0.394. The molecule has 0 aliphatic rings. The van der Waals surface area contributed by atoms with Gasteiger partial charge < -0.3 is 10.1 Å². The van der Waals surface area contributed by atoms with E-state index in [9.17, 15) is 14.4 Å². The van der Waals surface area contributed by atoms with Crippen LogP contribution >= 0.6 is 0 Å². The van der Waals surface area contributed by atoms with Gasteiger partial charge in [0.25, 0.3) is 0 Å². The van der Waals surface area contributed by atoms with Crippen LogP contribution in [0.1, 0.15) is 78.1 Å². The molecule has 0 aromatic carbocycles. The maximum absolute atomic E-state index is 11.4. The molecule has 4 nitrogen and oxygen atoms in total. The third-order valence-corrected chi connectivity index (χ3v) is 3.60. The minimum atomic E-state index is -0.0306. The highest BCUT2D eigenvalue weighted by atomic mass is 16.2. The fourth-order valence-corrected chi connectivity index (χ4v) is 2.18. The van der Waals surface area contributed by atoms with Gasteiger partial charge in [0.2, 0.25) is 5.91 Å². The summed E-state index contributed by atoms with van der Waals surface area (Å²) < 4.78 is 0. The SMILES string of the molecule is CC(C)C(=O)CCCCCCCCCCC(=O)NCC=O. The molecule has 0 spiro atoms. The van der Waals surface area contributed by atoms with E-state index in [-0.39, 0.29) is 18.4 Å². The molecule has 0 radical (unpaired) electrons. The standard InChI is InChI=1S/C17H31NO3/c1-15(2)16(20)11-9-7-5-3-4-6-8-10-12-17(21)18-13-14-19/h14-15H,3-13H2,1-2H3,(H,18,21). The highest BCUT2D eigenvalue weighted by Gasteiger charge is 2.05. The highest BCUT2D eigenvalue weighted by molar-refractivity contribution is 5.80. The number of unbranched alkanes of at least 4 members (excludes halogenated alkanes) is 7. The first kappa shape index (κ1) is 19.8. The number of Topliss-reactive ketones (excluding diaryl/α,β-unsaturated/α-hetero) is 1. The minimum Gasteiger partial charge on any atom is -0.349 e. The number of ketones is 1. The largest absolute Gasteiger partial charge is 0.349 e. The first-order valence-corrected chi connectivity index (χ1v) is 8.31. The summed E-state index contributed by atoms with van der Waals surface area (Å²) in [4.78, 5) is 32.7. The van der Waals surface area contributed by atoms with E-state index in [1.165, 1.54) is 19.3 Å². The Balaban J connectivity index is 3.21. The van der Waals surface area contributed by atoms with Crippen LogP contribution in [0.25, 0.3) is 0 Å². The van der Waals surface area contributed by atoms with Gasteiger partial charge in [-0.15, -0.1) is 0 Å². The van der Waals surface area contributed by atoms with Crippen molar-refractivity contribution >= 4 is 18.0 Å². The van der Waals surface area contributed by atoms with Gasteiger partial charge in [0.15, 0.2) is 0 Å². The number of nitrogens with one attached hydrogen (secondary N) is 1. The summed E-state index contributed by atoms with van der Waals surface area (Å²) in [5.74, 6) is 0.522. The molecule has 0 unspecified atom stereocenters. The van der Waals surface area contributed by atoms with Gasteiger partial charge in [-0.3, -0.25) is 9.59 Å². The lowest BCUT2D eigenvalue weighted by molar-refractivity contribution is -0.122. The summed E-state index contributed by atoms with van der Waals surface area (Å²) in [5.41, 5.74) is 0. The zero-order valence-electron chi connectivity index (χ0n) is 13.7. The zero-order valence-corrected chi connectivity index (χ0v) is 13.7. The minimum absolute atomic E-state index is 0.0306. The Labute approximate surface area is 129 Å². The number of hydrogen-bond donors (Lipinski definition) is 1. The van der Waals surface area contributed by atoms with Crippen molar-refractivity contribution < 1.29 is 14.4 Å². The number of rotatable bonds is 14. The van der Waals surface area contributed by atoms with Crippen molar-refractivity contribution in [1.29, 1.82) is 0 Å². The molecule has 0 heterocycles. The molecular formula is C17H31NO3. The second-order valence-corrected chi connectivity index (χ2v) is 5.92. The van der Waals surface area contributed by atoms with E-state index in [4.69, 9.17) is 0 Å². The lowest BCUT2D eigenvalue weighted by Gasteiger charge is -2.04. The number of carbonyl (C=O) groups is 3. The molecule has 0 aliphatic carbocycles. The predicted octanol–water partition coefficient (Wildman–Crippen LogP) is 3.43. The molecule has 1 amide bonds. The molecule has 0 fully saturated rings. The summed E-state index contributed by atoms with van der Waals surface area (Å²) >= 11 is 0. The number of carbonyl (C=O) groups excluding carboxylic acids is 3. The van der Waals surface area contributed by atoms with Crippen molar-refractivity contribution in [3.05, 3.63) is 0 Å². The summed E-state index contributed by atoms with van der Waals surface area (Å²) in [7, 11) is 0. The van der Waals surface area contributed by atoms with Crippen molar-refractivity contribution in [2.45, 2.75) is 78.1 Å². The van der Waals surface area contributed by atoms with Crippen LogP contribution in [-0.2, 0) is 14.4 Å². The van der Waals surface area contributed by atoms with Crippen molar-refractivity contribution in [3.8, 4) is 0 Å². The molecule has 0 bridgehead atoms. The van der Waals surface area contributed by atoms with E-state index in [1.807, 2.05) is 13.8 Å². The van der Waals surface area contributed by atoms with Crippen molar-refractivity contribution in [1.82, 2.24) is 5.32 Å². The first-order chi connectivity index (χ1) is 10.1. The average molecular weight is 297 g/mol. The van der Waals surface area contributed by atoms with Crippen LogP contribution in [-0.4, -0.2) is 24.5 Å². The normalized spacial score (nSPS) is 10.6. The van der Waals surface area contributed by atoms with Gasteiger partial charge in [-0.25, -0.2) is 0 Å². The molecule has 1 N–H and O–H groups in total. The van der Waals surface area contributed by atoms with Gasteiger partial charge >= 0.3 is 0 Å². The first-order valence-electron chi connectivity index (χ1n) is 8.31. The van der Waals surface area contributed by atoms with Crippen LogP contribution in [0.2, 0.25) is 0 Å². The topological polar surface area (TPSA) is 63.2 Å². The molecule has 4 heteroatoms. The van der Waals surface area contributed by atoms with E-state index in [0.29, 0.717) is 18.5 Å². The van der Waals surface area contributed by atoms with Gasteiger partial charge in [-0.2, -0.15) is 0 Å². The Bertz CT molecular complexity index is 300. The van der Waals surface area contributed by atoms with Gasteiger partial charge in [0, 0.05) is 18.8 Å². The zero-order chi connectivity index (χ0) is 15.9. The molecule has 0 atom stereocenters.